The third-order valence-corrected chi connectivity index (χ3v) is 6.83. The van der Waals surface area contributed by atoms with Gasteiger partial charge in [-0.1, -0.05) is 19.4 Å². The highest BCUT2D eigenvalue weighted by Crippen LogP contribution is 2.25. The number of nitrogens with one attached hydrogen (secondary N) is 1. The summed E-state index contributed by atoms with van der Waals surface area (Å²) in [4.78, 5) is 16.9. The smallest absolute Gasteiger partial charge is 0.406 e. The molecule has 2 aromatic carbocycles. The fraction of sp³-hybridized carbons (Fsp3) is 0.435. The quantitative estimate of drug-likeness (QED) is 0.585. The summed E-state index contributed by atoms with van der Waals surface area (Å²) in [5, 5.41) is 0. The molecule has 0 spiro atoms. The normalized spacial score (nSPS) is 15.6. The van der Waals surface area contributed by atoms with Crippen molar-refractivity contribution in [1.29, 1.82) is 0 Å². The summed E-state index contributed by atoms with van der Waals surface area (Å²) >= 11 is 0. The van der Waals surface area contributed by atoms with Crippen molar-refractivity contribution in [2.75, 3.05) is 37.4 Å². The van der Waals surface area contributed by atoms with Crippen molar-refractivity contribution in [2.45, 2.75) is 37.4 Å². The van der Waals surface area contributed by atoms with Gasteiger partial charge >= 0.3 is 6.36 Å². The van der Waals surface area contributed by atoms with E-state index in [-0.39, 0.29) is 16.5 Å². The molecule has 1 aliphatic heterocycles. The van der Waals surface area contributed by atoms with Gasteiger partial charge in [0.2, 0.25) is 0 Å². The van der Waals surface area contributed by atoms with Crippen LogP contribution >= 0.6 is 0 Å². The summed E-state index contributed by atoms with van der Waals surface area (Å²) in [7, 11) is -4.08. The number of carbonyl (C=O) groups is 1. The molecule has 7 nitrogen and oxygen atoms in total. The number of amides is 1. The van der Waals surface area contributed by atoms with Crippen LogP contribution < -0.4 is 9.46 Å². The average molecular weight is 500 g/mol. The van der Waals surface area contributed by atoms with Crippen molar-refractivity contribution < 1.29 is 31.1 Å². The molecule has 34 heavy (non-hydrogen) atoms. The van der Waals surface area contributed by atoms with E-state index in [0.717, 1.165) is 63.2 Å². The Kier molecular flexibility index (Phi) is 8.42. The Morgan fingerprint density at radius 2 is 1.79 bits per heavy atom. The lowest BCUT2D eigenvalue weighted by atomic mass is 10.1. The molecule has 1 amide bonds. The van der Waals surface area contributed by atoms with Crippen LogP contribution in [0.3, 0.4) is 0 Å². The van der Waals surface area contributed by atoms with E-state index in [1.807, 2.05) is 0 Å². The van der Waals surface area contributed by atoms with Gasteiger partial charge in [0.05, 0.1) is 4.90 Å². The molecule has 1 aliphatic rings. The molecular weight excluding hydrogens is 471 g/mol. The summed E-state index contributed by atoms with van der Waals surface area (Å²) in [5.41, 5.74) is 0.539. The Labute approximate surface area is 197 Å². The van der Waals surface area contributed by atoms with E-state index in [1.165, 1.54) is 12.1 Å². The lowest BCUT2D eigenvalue weighted by Gasteiger charge is -2.22. The number of hydrogen-bond donors (Lipinski definition) is 1. The topological polar surface area (TPSA) is 79.0 Å². The molecular formula is C23H28F3N3O4S. The predicted octanol–water partition coefficient (Wildman–Crippen LogP) is 4.33. The Balaban J connectivity index is 1.67. The van der Waals surface area contributed by atoms with Crippen molar-refractivity contribution in [3.63, 3.8) is 0 Å². The number of unbranched alkanes of at least 4 members (excludes halogenated alkanes) is 1. The van der Waals surface area contributed by atoms with Crippen molar-refractivity contribution in [1.82, 2.24) is 9.80 Å². The van der Waals surface area contributed by atoms with Gasteiger partial charge in [-0.15, -0.1) is 13.2 Å². The lowest BCUT2D eigenvalue weighted by molar-refractivity contribution is -0.274. The molecule has 1 fully saturated rings. The van der Waals surface area contributed by atoms with Crippen molar-refractivity contribution in [2.24, 2.45) is 0 Å². The number of anilines is 1. The molecule has 11 heteroatoms. The molecule has 1 N–H and O–H groups in total. The Morgan fingerprint density at radius 1 is 1.06 bits per heavy atom. The Hall–Kier alpha value is -2.79. The van der Waals surface area contributed by atoms with Gasteiger partial charge in [-0.3, -0.25) is 9.52 Å². The maximum absolute atomic E-state index is 13.0. The van der Waals surface area contributed by atoms with Crippen LogP contribution in [-0.2, 0) is 10.0 Å². The van der Waals surface area contributed by atoms with Gasteiger partial charge in [0.25, 0.3) is 15.9 Å². The molecule has 186 valence electrons. The molecule has 0 atom stereocenters. The van der Waals surface area contributed by atoms with E-state index in [2.05, 4.69) is 21.3 Å². The molecule has 0 aliphatic carbocycles. The van der Waals surface area contributed by atoms with Crippen LogP contribution in [0.5, 0.6) is 5.75 Å². The van der Waals surface area contributed by atoms with Crippen LogP contribution in [0.2, 0.25) is 0 Å². The number of carbonyl (C=O) groups excluding carboxylic acids is 1. The number of benzene rings is 2. The van der Waals surface area contributed by atoms with E-state index >= 15 is 0 Å². The maximum atomic E-state index is 13.0. The first-order chi connectivity index (χ1) is 16.1. The molecule has 1 heterocycles. The average Bonchev–Trinajstić information content (AvgIpc) is 3.02. The van der Waals surface area contributed by atoms with Crippen LogP contribution in [0.25, 0.3) is 0 Å². The summed E-state index contributed by atoms with van der Waals surface area (Å²) in [6, 6.07) is 10.0. The summed E-state index contributed by atoms with van der Waals surface area (Å²) in [6.45, 7) is 6.13. The zero-order chi connectivity index (χ0) is 24.8. The van der Waals surface area contributed by atoms with Crippen molar-refractivity contribution in [3.8, 4) is 5.75 Å². The second-order valence-corrected chi connectivity index (χ2v) is 9.73. The monoisotopic (exact) mass is 499 g/mol. The van der Waals surface area contributed by atoms with Crippen LogP contribution in [-0.4, -0.2) is 63.2 Å². The lowest BCUT2D eigenvalue weighted by Crippen LogP contribution is -2.35. The molecule has 0 bridgehead atoms. The number of hydrogen-bond acceptors (Lipinski definition) is 5. The minimum absolute atomic E-state index is 0.174. The number of rotatable bonds is 8. The van der Waals surface area contributed by atoms with E-state index in [4.69, 9.17) is 0 Å². The summed E-state index contributed by atoms with van der Waals surface area (Å²) < 4.78 is 68.4. The number of sulfonamides is 1. The zero-order valence-corrected chi connectivity index (χ0v) is 19.7. The first kappa shape index (κ1) is 25.8. The summed E-state index contributed by atoms with van der Waals surface area (Å²) in [5.74, 6) is -0.697. The molecule has 1 saturated heterocycles. The number of halogens is 3. The van der Waals surface area contributed by atoms with Crippen LogP contribution in [0, 0.1) is 0 Å². The highest BCUT2D eigenvalue weighted by Gasteiger charge is 2.31. The van der Waals surface area contributed by atoms with Crippen molar-refractivity contribution in [3.05, 3.63) is 54.1 Å². The second kappa shape index (κ2) is 11.1. The fourth-order valence-electron chi connectivity index (χ4n) is 3.71. The van der Waals surface area contributed by atoms with Gasteiger partial charge in [-0.05, 0) is 68.4 Å². The number of ether oxygens (including phenoxy) is 1. The fourth-order valence-corrected chi connectivity index (χ4v) is 4.76. The number of nitrogens with zero attached hydrogens (tertiary/aromatic N) is 2. The highest BCUT2D eigenvalue weighted by molar-refractivity contribution is 7.92. The molecule has 3 rings (SSSR count). The van der Waals surface area contributed by atoms with E-state index in [9.17, 15) is 26.4 Å². The van der Waals surface area contributed by atoms with E-state index in [1.54, 1.807) is 17.0 Å². The largest absolute Gasteiger partial charge is 0.573 e. The van der Waals surface area contributed by atoms with Crippen LogP contribution in [0.15, 0.2) is 53.4 Å². The standard InChI is InChI=1S/C23H28F3N3O4S/c1-2-3-12-28-13-5-14-29(16-15-28)22(30)18-6-4-7-19(17-18)27-34(31,32)21-10-8-20(9-11-21)33-23(24,25)26/h4,6-11,17,27H,2-3,5,12-16H2,1H3. The van der Waals surface area contributed by atoms with Crippen molar-refractivity contribution >= 4 is 21.6 Å². The van der Waals surface area contributed by atoms with Crippen LogP contribution in [0.1, 0.15) is 36.5 Å². The Morgan fingerprint density at radius 3 is 2.47 bits per heavy atom. The second-order valence-electron chi connectivity index (χ2n) is 8.05. The SMILES string of the molecule is CCCCN1CCCN(C(=O)c2cccc(NS(=O)(=O)c3ccc(OC(F)(F)F)cc3)c2)CC1. The highest BCUT2D eigenvalue weighted by atomic mass is 32.2. The predicted molar refractivity (Wildman–Crippen MR) is 122 cm³/mol. The number of alkyl halides is 3. The third-order valence-electron chi connectivity index (χ3n) is 5.43. The van der Waals surface area contributed by atoms with Gasteiger partial charge in [0.1, 0.15) is 5.75 Å². The van der Waals surface area contributed by atoms with E-state index in [0.29, 0.717) is 18.7 Å². The van der Waals surface area contributed by atoms with Crippen LogP contribution in [0.4, 0.5) is 18.9 Å². The molecule has 0 aromatic heterocycles. The third kappa shape index (κ3) is 7.36. The Bertz CT molecular complexity index is 1080. The summed E-state index contributed by atoms with van der Waals surface area (Å²) in [6.07, 6.45) is -1.76. The van der Waals surface area contributed by atoms with Gasteiger partial charge in [0.15, 0.2) is 0 Å². The zero-order valence-electron chi connectivity index (χ0n) is 18.8. The molecule has 0 saturated carbocycles. The van der Waals surface area contributed by atoms with Gasteiger partial charge in [-0.2, -0.15) is 0 Å². The molecule has 2 aromatic rings. The van der Waals surface area contributed by atoms with E-state index < -0.39 is 22.1 Å². The van der Waals surface area contributed by atoms with Gasteiger partial charge in [0, 0.05) is 30.9 Å². The first-order valence-electron chi connectivity index (χ1n) is 11.1. The minimum atomic E-state index is -4.87. The first-order valence-corrected chi connectivity index (χ1v) is 12.6. The van der Waals surface area contributed by atoms with Gasteiger partial charge < -0.3 is 14.5 Å². The molecule has 0 unspecified atom stereocenters. The van der Waals surface area contributed by atoms with Gasteiger partial charge in [-0.25, -0.2) is 8.42 Å². The minimum Gasteiger partial charge on any atom is -0.406 e. The molecule has 0 radical (unpaired) electrons. The maximum Gasteiger partial charge on any atom is 0.573 e.